The van der Waals surface area contributed by atoms with Gasteiger partial charge in [0.1, 0.15) is 5.82 Å². The Balaban J connectivity index is 2.09. The van der Waals surface area contributed by atoms with Crippen molar-refractivity contribution in [2.24, 2.45) is 16.6 Å². The average molecular weight is 281 g/mol. The SMILES string of the molecule is NC1=N[C@]2(c3cc([N+](=O)[O-])ccc3F)C[C@@H]2CCS1. The first kappa shape index (κ1) is 12.4. The quantitative estimate of drug-likeness (QED) is 0.666. The minimum atomic E-state index is -0.677. The van der Waals surface area contributed by atoms with Crippen molar-refractivity contribution < 1.29 is 9.31 Å². The first-order chi connectivity index (χ1) is 9.03. The fourth-order valence-corrected chi connectivity index (χ4v) is 3.52. The molecule has 1 aromatic carbocycles. The van der Waals surface area contributed by atoms with Crippen LogP contribution in [-0.2, 0) is 5.54 Å². The van der Waals surface area contributed by atoms with E-state index in [9.17, 15) is 14.5 Å². The summed E-state index contributed by atoms with van der Waals surface area (Å²) in [6, 6.07) is 3.61. The monoisotopic (exact) mass is 281 g/mol. The van der Waals surface area contributed by atoms with Gasteiger partial charge in [0.2, 0.25) is 0 Å². The number of nitro groups is 1. The third-order valence-electron chi connectivity index (χ3n) is 3.73. The van der Waals surface area contributed by atoms with Gasteiger partial charge in [0, 0.05) is 23.4 Å². The van der Waals surface area contributed by atoms with E-state index < -0.39 is 16.3 Å². The molecule has 0 radical (unpaired) electrons. The van der Waals surface area contributed by atoms with Crippen molar-refractivity contribution in [1.82, 2.24) is 0 Å². The molecule has 5 nitrogen and oxygen atoms in total. The normalized spacial score (nSPS) is 29.1. The Labute approximate surface area is 113 Å². The lowest BCUT2D eigenvalue weighted by molar-refractivity contribution is -0.385. The van der Waals surface area contributed by atoms with Crippen LogP contribution in [0.4, 0.5) is 10.1 Å². The van der Waals surface area contributed by atoms with Crippen molar-refractivity contribution in [1.29, 1.82) is 0 Å². The topological polar surface area (TPSA) is 81.5 Å². The lowest BCUT2D eigenvalue weighted by atomic mass is 10.0. The molecule has 2 N–H and O–H groups in total. The molecule has 0 saturated heterocycles. The number of aliphatic imine (C=N–C) groups is 1. The van der Waals surface area contributed by atoms with E-state index in [-0.39, 0.29) is 11.6 Å². The molecule has 7 heteroatoms. The number of halogens is 1. The van der Waals surface area contributed by atoms with Crippen LogP contribution in [0.5, 0.6) is 0 Å². The Bertz CT molecular complexity index is 592. The molecule has 0 unspecified atom stereocenters. The average Bonchev–Trinajstić information content (AvgIpc) is 3.03. The highest BCUT2D eigenvalue weighted by atomic mass is 32.2. The molecule has 1 aromatic rings. The van der Waals surface area contributed by atoms with Crippen LogP contribution in [0.2, 0.25) is 0 Å². The van der Waals surface area contributed by atoms with Crippen LogP contribution in [0.1, 0.15) is 18.4 Å². The first-order valence-corrected chi connectivity index (χ1v) is 6.94. The summed E-state index contributed by atoms with van der Waals surface area (Å²) in [5.74, 6) is 0.646. The van der Waals surface area contributed by atoms with Crippen LogP contribution >= 0.6 is 11.8 Å². The zero-order valence-electron chi connectivity index (χ0n) is 10.0. The smallest absolute Gasteiger partial charge is 0.270 e. The number of hydrogen-bond donors (Lipinski definition) is 1. The minimum Gasteiger partial charge on any atom is -0.379 e. The highest BCUT2D eigenvalue weighted by molar-refractivity contribution is 8.13. The Morgan fingerprint density at radius 3 is 3.11 bits per heavy atom. The van der Waals surface area contributed by atoms with Crippen LogP contribution < -0.4 is 5.73 Å². The molecular formula is C12H12FN3O2S. The zero-order chi connectivity index (χ0) is 13.6. The number of thioether (sulfide) groups is 1. The molecule has 0 aromatic heterocycles. The van der Waals surface area contributed by atoms with E-state index >= 15 is 0 Å². The van der Waals surface area contributed by atoms with E-state index in [2.05, 4.69) is 4.99 Å². The maximum atomic E-state index is 14.0. The lowest BCUT2D eigenvalue weighted by Crippen LogP contribution is -2.15. The third-order valence-corrected chi connectivity index (χ3v) is 4.55. The fraction of sp³-hybridized carbons (Fsp3) is 0.417. The van der Waals surface area contributed by atoms with E-state index in [0.717, 1.165) is 18.2 Å². The van der Waals surface area contributed by atoms with E-state index in [1.54, 1.807) is 0 Å². The summed E-state index contributed by atoms with van der Waals surface area (Å²) < 4.78 is 14.0. The van der Waals surface area contributed by atoms with Crippen molar-refractivity contribution in [3.63, 3.8) is 0 Å². The Hall–Kier alpha value is -1.63. The summed E-state index contributed by atoms with van der Waals surface area (Å²) in [5.41, 5.74) is 5.30. The molecule has 19 heavy (non-hydrogen) atoms. The summed E-state index contributed by atoms with van der Waals surface area (Å²) in [5, 5.41) is 11.3. The van der Waals surface area contributed by atoms with E-state index in [1.165, 1.54) is 23.9 Å². The molecule has 1 saturated carbocycles. The Morgan fingerprint density at radius 1 is 1.58 bits per heavy atom. The number of rotatable bonds is 2. The third kappa shape index (κ3) is 1.98. The van der Waals surface area contributed by atoms with Gasteiger partial charge in [-0.15, -0.1) is 0 Å². The molecule has 0 bridgehead atoms. The molecule has 1 aliphatic heterocycles. The molecule has 0 spiro atoms. The second-order valence-corrected chi connectivity index (χ2v) is 5.95. The molecule has 1 aliphatic carbocycles. The van der Waals surface area contributed by atoms with Gasteiger partial charge in [-0.1, -0.05) is 11.8 Å². The van der Waals surface area contributed by atoms with Gasteiger partial charge in [-0.3, -0.25) is 15.1 Å². The number of hydrogen-bond acceptors (Lipinski definition) is 5. The lowest BCUT2D eigenvalue weighted by Gasteiger charge is -2.13. The molecule has 2 atom stereocenters. The summed E-state index contributed by atoms with van der Waals surface area (Å²) in [7, 11) is 0. The summed E-state index contributed by atoms with van der Waals surface area (Å²) in [6.45, 7) is 0. The molecular weight excluding hydrogens is 269 g/mol. The number of amidine groups is 1. The van der Waals surface area contributed by atoms with Crippen molar-refractivity contribution in [3.8, 4) is 0 Å². The highest BCUT2D eigenvalue weighted by Crippen LogP contribution is 2.59. The molecule has 1 fully saturated rings. The Kier molecular flexibility index (Phi) is 2.74. The minimum absolute atomic E-state index is 0.109. The number of benzene rings is 1. The van der Waals surface area contributed by atoms with Crippen LogP contribution in [0, 0.1) is 21.8 Å². The predicted octanol–water partition coefficient (Wildman–Crippen LogP) is 2.40. The maximum Gasteiger partial charge on any atom is 0.270 e. The van der Waals surface area contributed by atoms with Gasteiger partial charge in [-0.05, 0) is 24.8 Å². The molecule has 1 heterocycles. The number of non-ortho nitro benzene ring substituents is 1. The van der Waals surface area contributed by atoms with Gasteiger partial charge in [0.05, 0.1) is 10.5 Å². The van der Waals surface area contributed by atoms with E-state index in [0.29, 0.717) is 17.2 Å². The number of nitro benzene ring substituents is 1. The standard InChI is InChI=1S/C12H12FN3O2S/c13-10-2-1-8(16(17)18)5-9(10)12-6-7(12)3-4-19-11(14)15-12/h1-2,5,7H,3-4,6H2,(H2,14,15)/t7-,12+/m0/s1. The molecule has 2 aliphatic rings. The van der Waals surface area contributed by atoms with Gasteiger partial charge < -0.3 is 5.73 Å². The largest absolute Gasteiger partial charge is 0.379 e. The van der Waals surface area contributed by atoms with Crippen molar-refractivity contribution in [2.45, 2.75) is 18.4 Å². The number of nitrogens with two attached hydrogens (primary N) is 1. The maximum absolute atomic E-state index is 14.0. The molecule has 100 valence electrons. The number of nitrogens with zero attached hydrogens (tertiary/aromatic N) is 2. The second kappa shape index (κ2) is 4.19. The highest BCUT2D eigenvalue weighted by Gasteiger charge is 2.57. The summed E-state index contributed by atoms with van der Waals surface area (Å²) >= 11 is 1.45. The van der Waals surface area contributed by atoms with Crippen LogP contribution in [0.15, 0.2) is 23.2 Å². The van der Waals surface area contributed by atoms with E-state index in [4.69, 9.17) is 5.73 Å². The van der Waals surface area contributed by atoms with Gasteiger partial charge in [0.25, 0.3) is 5.69 Å². The van der Waals surface area contributed by atoms with Crippen molar-refractivity contribution in [3.05, 3.63) is 39.7 Å². The van der Waals surface area contributed by atoms with Crippen molar-refractivity contribution in [2.75, 3.05) is 5.75 Å². The van der Waals surface area contributed by atoms with Gasteiger partial charge >= 0.3 is 0 Å². The number of fused-ring (bicyclic) bond motifs is 1. The molecule has 3 rings (SSSR count). The van der Waals surface area contributed by atoms with Gasteiger partial charge in [0.15, 0.2) is 5.17 Å². The van der Waals surface area contributed by atoms with Gasteiger partial charge in [-0.25, -0.2) is 4.39 Å². The van der Waals surface area contributed by atoms with E-state index in [1.807, 2.05) is 0 Å². The van der Waals surface area contributed by atoms with Crippen LogP contribution in [0.3, 0.4) is 0 Å². The Morgan fingerprint density at radius 2 is 2.37 bits per heavy atom. The zero-order valence-corrected chi connectivity index (χ0v) is 10.8. The van der Waals surface area contributed by atoms with Crippen LogP contribution in [0.25, 0.3) is 0 Å². The van der Waals surface area contributed by atoms with Crippen molar-refractivity contribution >= 4 is 22.6 Å². The first-order valence-electron chi connectivity index (χ1n) is 5.95. The predicted molar refractivity (Wildman–Crippen MR) is 71.5 cm³/mol. The fourth-order valence-electron chi connectivity index (χ4n) is 2.68. The van der Waals surface area contributed by atoms with Crippen LogP contribution in [-0.4, -0.2) is 15.8 Å². The summed E-state index contributed by atoms with van der Waals surface area (Å²) in [4.78, 5) is 14.7. The second-order valence-electron chi connectivity index (χ2n) is 4.83. The summed E-state index contributed by atoms with van der Waals surface area (Å²) in [6.07, 6.45) is 1.61. The molecule has 0 amide bonds. The van der Waals surface area contributed by atoms with Gasteiger partial charge in [-0.2, -0.15) is 0 Å².